The van der Waals surface area contributed by atoms with Crippen molar-refractivity contribution in [2.45, 2.75) is 76.1 Å². The van der Waals surface area contributed by atoms with Gasteiger partial charge in [0.25, 0.3) is 5.91 Å². The van der Waals surface area contributed by atoms with Crippen molar-refractivity contribution in [1.29, 1.82) is 0 Å². The lowest BCUT2D eigenvalue weighted by atomic mass is 9.81. The maximum absolute atomic E-state index is 13.3. The minimum atomic E-state index is -0.690. The Morgan fingerprint density at radius 1 is 1.06 bits per heavy atom. The van der Waals surface area contributed by atoms with Gasteiger partial charge in [0.15, 0.2) is 12.4 Å². The van der Waals surface area contributed by atoms with E-state index >= 15 is 0 Å². The zero-order valence-corrected chi connectivity index (χ0v) is 21.1. The highest BCUT2D eigenvalue weighted by Gasteiger charge is 2.65. The Bertz CT molecular complexity index is 1020. The lowest BCUT2D eigenvalue weighted by molar-refractivity contribution is -0.671. The van der Waals surface area contributed by atoms with E-state index < -0.39 is 29.3 Å². The van der Waals surface area contributed by atoms with Gasteiger partial charge in [0.2, 0.25) is 0 Å². The number of β-lactam (4-membered cyclic amide) rings is 1. The van der Waals surface area contributed by atoms with Gasteiger partial charge in [-0.2, -0.15) is 0 Å². The zero-order chi connectivity index (χ0) is 24.3. The number of hydrogen-bond acceptors (Lipinski definition) is 6. The molecule has 4 heterocycles. The van der Waals surface area contributed by atoms with Gasteiger partial charge in [-0.25, -0.2) is 14.2 Å². The van der Waals surface area contributed by atoms with Crippen LogP contribution in [-0.2, 0) is 26.1 Å². The molecule has 0 aliphatic carbocycles. The molecule has 1 aromatic rings. The summed E-state index contributed by atoms with van der Waals surface area (Å²) in [6.45, 7) is 11.2. The highest BCUT2D eigenvalue weighted by atomic mass is 32.2. The molecule has 33 heavy (non-hydrogen) atoms. The highest BCUT2D eigenvalue weighted by molar-refractivity contribution is 8.03. The Morgan fingerprint density at radius 3 is 2.24 bits per heavy atom. The van der Waals surface area contributed by atoms with E-state index in [4.69, 9.17) is 9.47 Å². The molecule has 3 aliphatic heterocycles. The smallest absolute Gasteiger partial charge is 0.411 e. The molecule has 9 heteroatoms. The first-order valence-corrected chi connectivity index (χ1v) is 12.0. The third kappa shape index (κ3) is 4.47. The molecule has 2 amide bonds. The molecule has 0 N–H and O–H groups in total. The molecule has 0 aromatic carbocycles. The summed E-state index contributed by atoms with van der Waals surface area (Å²) in [7, 11) is 1.94. The van der Waals surface area contributed by atoms with Crippen LogP contribution in [0.5, 0.6) is 0 Å². The van der Waals surface area contributed by atoms with Crippen molar-refractivity contribution in [3.05, 3.63) is 35.1 Å². The molecule has 0 spiro atoms. The second kappa shape index (κ2) is 8.04. The number of thioether (sulfide) groups is 1. The van der Waals surface area contributed by atoms with Crippen molar-refractivity contribution in [2.24, 2.45) is 13.0 Å². The molecule has 4 rings (SSSR count). The molecule has 3 aliphatic rings. The Morgan fingerprint density at radius 2 is 1.67 bits per heavy atom. The lowest BCUT2D eigenvalue weighted by Gasteiger charge is -2.53. The number of carbonyl (C=O) groups is 3. The molecular weight excluding hydrogens is 442 g/mol. The van der Waals surface area contributed by atoms with Crippen molar-refractivity contribution >= 4 is 29.7 Å². The van der Waals surface area contributed by atoms with E-state index in [-0.39, 0.29) is 17.9 Å². The first-order chi connectivity index (χ1) is 15.3. The van der Waals surface area contributed by atoms with Crippen molar-refractivity contribution < 1.29 is 28.4 Å². The van der Waals surface area contributed by atoms with Gasteiger partial charge in [0.1, 0.15) is 30.0 Å². The molecular formula is C24H32N3O5S+. The highest BCUT2D eigenvalue weighted by Crippen LogP contribution is 2.54. The molecule has 3 atom stereocenters. The molecule has 0 bridgehead atoms. The summed E-state index contributed by atoms with van der Waals surface area (Å²) in [5, 5.41) is 0. The van der Waals surface area contributed by atoms with Crippen LogP contribution in [0.4, 0.5) is 4.79 Å². The quantitative estimate of drug-likeness (QED) is 0.381. The Kier molecular flexibility index (Phi) is 5.75. The average molecular weight is 475 g/mol. The minimum absolute atomic E-state index is 0.0344. The minimum Gasteiger partial charge on any atom is -0.455 e. The summed E-state index contributed by atoms with van der Waals surface area (Å²) >= 11 is 1.50. The van der Waals surface area contributed by atoms with Gasteiger partial charge in [-0.3, -0.25) is 14.6 Å². The maximum atomic E-state index is 13.3. The van der Waals surface area contributed by atoms with E-state index in [1.807, 2.05) is 56.9 Å². The summed E-state index contributed by atoms with van der Waals surface area (Å²) in [5.74, 6) is -0.796. The van der Waals surface area contributed by atoms with Crippen molar-refractivity contribution in [2.75, 3.05) is 6.54 Å². The van der Waals surface area contributed by atoms with Gasteiger partial charge < -0.3 is 9.47 Å². The second-order valence-corrected chi connectivity index (χ2v) is 11.8. The summed E-state index contributed by atoms with van der Waals surface area (Å²) in [6, 6.07) is 3.07. The number of nitrogens with zero attached hydrogens (tertiary/aromatic N) is 3. The maximum Gasteiger partial charge on any atom is 0.411 e. The van der Waals surface area contributed by atoms with Crippen LogP contribution in [0.1, 0.15) is 48.0 Å². The zero-order valence-electron chi connectivity index (χ0n) is 20.2. The SMILES string of the molecule is C[n+]1ccc(SC2=C(C(=O)OC(C)(C)C)N3C(=O)[C@@H]4[C@H]3C2CCN4C(=O)OC(C)(C)C)cc1. The number of rotatable bonds is 3. The second-order valence-electron chi connectivity index (χ2n) is 10.7. The third-order valence-corrected chi connectivity index (χ3v) is 6.97. The Hall–Kier alpha value is -2.55. The number of esters is 1. The molecule has 1 aromatic heterocycles. The fourth-order valence-electron chi connectivity index (χ4n) is 4.50. The predicted molar refractivity (Wildman–Crippen MR) is 122 cm³/mol. The molecule has 1 unspecified atom stereocenters. The third-order valence-electron chi connectivity index (χ3n) is 5.75. The summed E-state index contributed by atoms with van der Waals surface area (Å²) in [5.41, 5.74) is -1.03. The molecule has 2 fully saturated rings. The van der Waals surface area contributed by atoms with Crippen LogP contribution in [0, 0.1) is 5.92 Å². The van der Waals surface area contributed by atoms with Crippen LogP contribution in [0.2, 0.25) is 0 Å². The normalized spacial score (nSPS) is 24.5. The number of hydrogen-bond donors (Lipinski definition) is 0. The number of ether oxygens (including phenoxy) is 2. The summed E-state index contributed by atoms with van der Waals surface area (Å²) in [6.07, 6.45) is 4.03. The number of pyridine rings is 1. The number of aromatic nitrogens is 1. The van der Waals surface area contributed by atoms with Gasteiger partial charge >= 0.3 is 12.1 Å². The number of likely N-dealkylation sites (tertiary alicyclic amines) is 1. The van der Waals surface area contributed by atoms with Crippen molar-refractivity contribution in [3.63, 3.8) is 0 Å². The number of amides is 2. The van der Waals surface area contributed by atoms with Crippen LogP contribution in [-0.4, -0.2) is 57.6 Å². The topological polar surface area (TPSA) is 80.0 Å². The first kappa shape index (κ1) is 23.6. The monoisotopic (exact) mass is 474 g/mol. The molecule has 0 saturated carbocycles. The van der Waals surface area contributed by atoms with Gasteiger partial charge in [-0.05, 0) is 48.0 Å². The fraction of sp³-hybridized carbons (Fsp3) is 0.583. The van der Waals surface area contributed by atoms with E-state index in [1.165, 1.54) is 16.7 Å². The van der Waals surface area contributed by atoms with E-state index in [9.17, 15) is 14.4 Å². The number of carbonyl (C=O) groups excluding carboxylic acids is 3. The fourth-order valence-corrected chi connectivity index (χ4v) is 5.70. The van der Waals surface area contributed by atoms with Crippen LogP contribution in [0.15, 0.2) is 40.0 Å². The predicted octanol–water partition coefficient (Wildman–Crippen LogP) is 3.01. The van der Waals surface area contributed by atoms with Crippen LogP contribution in [0.3, 0.4) is 0 Å². The number of piperidine rings is 1. The molecule has 8 nitrogen and oxygen atoms in total. The summed E-state index contributed by atoms with van der Waals surface area (Å²) in [4.78, 5) is 44.2. The number of aryl methyl sites for hydroxylation is 1. The summed E-state index contributed by atoms with van der Waals surface area (Å²) < 4.78 is 13.2. The van der Waals surface area contributed by atoms with Gasteiger partial charge in [-0.15, -0.1) is 0 Å². The van der Waals surface area contributed by atoms with E-state index in [2.05, 4.69) is 0 Å². The van der Waals surface area contributed by atoms with Gasteiger partial charge in [-0.1, -0.05) is 11.8 Å². The molecule has 178 valence electrons. The first-order valence-electron chi connectivity index (χ1n) is 11.2. The van der Waals surface area contributed by atoms with Gasteiger partial charge in [0, 0.05) is 34.4 Å². The largest absolute Gasteiger partial charge is 0.455 e. The Labute approximate surface area is 198 Å². The van der Waals surface area contributed by atoms with Crippen molar-refractivity contribution in [1.82, 2.24) is 9.80 Å². The van der Waals surface area contributed by atoms with Gasteiger partial charge in [0.05, 0.1) is 6.04 Å². The van der Waals surface area contributed by atoms with Crippen LogP contribution < -0.4 is 4.57 Å². The standard InChI is InChI=1S/C24H32N3O5S/c1-23(2,3)31-21(29)18-19(33-14-8-11-25(7)12-9-14)15-10-13-26(22(30)32-24(4,5)6)17-16(15)27(18)20(17)28/h8-9,11-12,15-17H,10,13H2,1-7H3/q+1/t15?,16-,17+/m1/s1. The van der Waals surface area contributed by atoms with E-state index in [1.54, 1.807) is 25.7 Å². The Balaban J connectivity index is 1.67. The molecule has 2 saturated heterocycles. The van der Waals surface area contributed by atoms with E-state index in [0.29, 0.717) is 18.7 Å². The van der Waals surface area contributed by atoms with Crippen LogP contribution >= 0.6 is 11.8 Å². The van der Waals surface area contributed by atoms with Crippen LogP contribution in [0.25, 0.3) is 0 Å². The average Bonchev–Trinajstić information content (AvgIpc) is 2.99. The molecule has 0 radical (unpaired) electrons. The lowest BCUT2D eigenvalue weighted by Crippen LogP contribution is -2.73. The van der Waals surface area contributed by atoms with Crippen molar-refractivity contribution in [3.8, 4) is 0 Å². The van der Waals surface area contributed by atoms with E-state index in [0.717, 1.165) is 9.80 Å².